The van der Waals surface area contributed by atoms with Crippen LogP contribution in [0.1, 0.15) is 19.3 Å². The molecular weight excluding hydrogens is 331 g/mol. The molecule has 1 aromatic rings. The molecule has 20 heavy (non-hydrogen) atoms. The molecule has 1 aliphatic carbocycles. The van der Waals surface area contributed by atoms with E-state index in [1.54, 1.807) is 0 Å². The highest BCUT2D eigenvalue weighted by molar-refractivity contribution is 9.10. The average molecular weight is 345 g/mol. The summed E-state index contributed by atoms with van der Waals surface area (Å²) in [7, 11) is 0. The number of halogens is 2. The van der Waals surface area contributed by atoms with E-state index < -0.39 is 10.7 Å². The Morgan fingerprint density at radius 2 is 2.15 bits per heavy atom. The Hall–Kier alpha value is -1.21. The molecule has 2 fully saturated rings. The van der Waals surface area contributed by atoms with Crippen LogP contribution in [0.15, 0.2) is 16.6 Å². The topological polar surface area (TPSA) is 64.4 Å². The normalized spacial score (nSPS) is 25.7. The number of rotatable bonds is 4. The molecule has 1 heterocycles. The number of nitrogens with one attached hydrogen (secondary N) is 1. The lowest BCUT2D eigenvalue weighted by molar-refractivity contribution is -0.384. The molecule has 0 aromatic heterocycles. The summed E-state index contributed by atoms with van der Waals surface area (Å²) in [5, 5.41) is 14.2. The van der Waals surface area contributed by atoms with E-state index in [2.05, 4.69) is 21.2 Å². The molecule has 5 nitrogen and oxygen atoms in total. The smallest absolute Gasteiger partial charge is 0.295 e. The molecule has 2 atom stereocenters. The van der Waals surface area contributed by atoms with Crippen LogP contribution in [0, 0.1) is 21.8 Å². The third-order valence-corrected chi connectivity index (χ3v) is 4.41. The fourth-order valence-electron chi connectivity index (χ4n) is 2.66. The summed E-state index contributed by atoms with van der Waals surface area (Å²) in [4.78, 5) is 10.5. The van der Waals surface area contributed by atoms with Crippen LogP contribution in [0.3, 0.4) is 0 Å². The zero-order valence-corrected chi connectivity index (χ0v) is 12.2. The number of anilines is 1. The SMILES string of the molecule is O=[N+]([O-])c1cc(F)c(Br)cc1NC1CCOC1C1CC1. The van der Waals surface area contributed by atoms with Gasteiger partial charge in [0.25, 0.3) is 5.69 Å². The van der Waals surface area contributed by atoms with Crippen molar-refractivity contribution in [1.82, 2.24) is 0 Å². The Morgan fingerprint density at radius 1 is 1.40 bits per heavy atom. The van der Waals surface area contributed by atoms with Crippen molar-refractivity contribution >= 4 is 27.3 Å². The maximum absolute atomic E-state index is 13.4. The molecule has 2 aliphatic rings. The highest BCUT2D eigenvalue weighted by atomic mass is 79.9. The van der Waals surface area contributed by atoms with Gasteiger partial charge in [0.15, 0.2) is 0 Å². The van der Waals surface area contributed by atoms with Crippen LogP contribution in [0.25, 0.3) is 0 Å². The van der Waals surface area contributed by atoms with Crippen LogP contribution in [0.4, 0.5) is 15.8 Å². The number of hydrogen-bond acceptors (Lipinski definition) is 4. The van der Waals surface area contributed by atoms with Crippen LogP contribution in [-0.4, -0.2) is 23.7 Å². The van der Waals surface area contributed by atoms with Crippen molar-refractivity contribution in [3.05, 3.63) is 32.5 Å². The van der Waals surface area contributed by atoms with Gasteiger partial charge in [0.05, 0.1) is 27.6 Å². The van der Waals surface area contributed by atoms with Crippen molar-refractivity contribution in [3.8, 4) is 0 Å². The first-order valence-corrected chi connectivity index (χ1v) is 7.37. The summed E-state index contributed by atoms with van der Waals surface area (Å²) < 4.78 is 19.4. The van der Waals surface area contributed by atoms with Crippen molar-refractivity contribution in [3.63, 3.8) is 0 Å². The monoisotopic (exact) mass is 344 g/mol. The van der Waals surface area contributed by atoms with E-state index >= 15 is 0 Å². The minimum Gasteiger partial charge on any atom is -0.376 e. The van der Waals surface area contributed by atoms with Gasteiger partial charge in [0.1, 0.15) is 11.5 Å². The van der Waals surface area contributed by atoms with E-state index in [9.17, 15) is 14.5 Å². The number of hydrogen-bond donors (Lipinski definition) is 1. The molecular formula is C13H14BrFN2O3. The lowest BCUT2D eigenvalue weighted by atomic mass is 10.1. The molecule has 1 aromatic carbocycles. The van der Waals surface area contributed by atoms with E-state index in [1.165, 1.54) is 6.07 Å². The lowest BCUT2D eigenvalue weighted by Crippen LogP contribution is -2.31. The molecule has 2 unspecified atom stereocenters. The molecule has 1 aliphatic heterocycles. The van der Waals surface area contributed by atoms with Crippen LogP contribution < -0.4 is 5.32 Å². The molecule has 0 bridgehead atoms. The number of nitrogens with zero attached hydrogens (tertiary/aromatic N) is 1. The van der Waals surface area contributed by atoms with Gasteiger partial charge in [-0.05, 0) is 47.2 Å². The Bertz CT molecular complexity index is 551. The Balaban J connectivity index is 1.85. The molecule has 0 radical (unpaired) electrons. The van der Waals surface area contributed by atoms with E-state index in [0.29, 0.717) is 18.2 Å². The van der Waals surface area contributed by atoms with Crippen LogP contribution in [-0.2, 0) is 4.74 Å². The quantitative estimate of drug-likeness (QED) is 0.670. The van der Waals surface area contributed by atoms with Gasteiger partial charge in [0, 0.05) is 6.61 Å². The summed E-state index contributed by atoms with van der Waals surface area (Å²) in [6.45, 7) is 0.662. The van der Waals surface area contributed by atoms with Crippen LogP contribution in [0.2, 0.25) is 0 Å². The lowest BCUT2D eigenvalue weighted by Gasteiger charge is -2.20. The van der Waals surface area contributed by atoms with Gasteiger partial charge in [-0.15, -0.1) is 0 Å². The summed E-state index contributed by atoms with van der Waals surface area (Å²) in [6, 6.07) is 2.42. The van der Waals surface area contributed by atoms with Gasteiger partial charge < -0.3 is 10.1 Å². The van der Waals surface area contributed by atoms with E-state index in [0.717, 1.165) is 25.3 Å². The summed E-state index contributed by atoms with van der Waals surface area (Å²) >= 11 is 3.07. The van der Waals surface area contributed by atoms with Gasteiger partial charge in [-0.2, -0.15) is 0 Å². The molecule has 0 amide bonds. The van der Waals surface area contributed by atoms with E-state index in [-0.39, 0.29) is 22.3 Å². The molecule has 0 spiro atoms. The molecule has 1 saturated heterocycles. The fourth-order valence-corrected chi connectivity index (χ4v) is 3.00. The predicted molar refractivity (Wildman–Crippen MR) is 75.2 cm³/mol. The standard InChI is InChI=1S/C13H14BrFN2O3/c14-8-5-11(12(17(18)19)6-9(8)15)16-10-3-4-20-13(10)7-1-2-7/h5-7,10,13,16H,1-4H2. The molecule has 108 valence electrons. The van der Waals surface area contributed by atoms with E-state index in [4.69, 9.17) is 4.74 Å². The number of nitro benzene ring substituents is 1. The second-order valence-electron chi connectivity index (χ2n) is 5.25. The Kier molecular flexibility index (Phi) is 3.64. The van der Waals surface area contributed by atoms with Crippen molar-refractivity contribution in [2.75, 3.05) is 11.9 Å². The van der Waals surface area contributed by atoms with Crippen LogP contribution >= 0.6 is 15.9 Å². The predicted octanol–water partition coefficient (Wildman–Crippen LogP) is 3.48. The van der Waals surface area contributed by atoms with Crippen molar-refractivity contribution < 1.29 is 14.1 Å². The second kappa shape index (κ2) is 5.29. The highest BCUT2D eigenvalue weighted by Gasteiger charge is 2.41. The zero-order chi connectivity index (χ0) is 14.3. The maximum Gasteiger partial charge on any atom is 0.295 e. The first kappa shape index (κ1) is 13.8. The number of benzene rings is 1. The van der Waals surface area contributed by atoms with Gasteiger partial charge in [-0.3, -0.25) is 10.1 Å². The van der Waals surface area contributed by atoms with Gasteiger partial charge in [-0.25, -0.2) is 4.39 Å². The average Bonchev–Trinajstić information content (AvgIpc) is 3.14. The summed E-state index contributed by atoms with van der Waals surface area (Å²) in [5.41, 5.74) is 0.0940. The van der Waals surface area contributed by atoms with Gasteiger partial charge >= 0.3 is 0 Å². The first-order valence-electron chi connectivity index (χ1n) is 6.58. The Morgan fingerprint density at radius 3 is 2.80 bits per heavy atom. The minimum atomic E-state index is -0.635. The summed E-state index contributed by atoms with van der Waals surface area (Å²) in [6.07, 6.45) is 3.22. The molecule has 1 N–H and O–H groups in total. The van der Waals surface area contributed by atoms with E-state index in [1.807, 2.05) is 0 Å². The van der Waals surface area contributed by atoms with Crippen molar-refractivity contribution in [1.29, 1.82) is 0 Å². The third-order valence-electron chi connectivity index (χ3n) is 3.80. The van der Waals surface area contributed by atoms with Crippen molar-refractivity contribution in [2.45, 2.75) is 31.4 Å². The summed E-state index contributed by atoms with van der Waals surface area (Å²) in [5.74, 6) is -0.0818. The molecule has 1 saturated carbocycles. The highest BCUT2D eigenvalue weighted by Crippen LogP contribution is 2.40. The van der Waals surface area contributed by atoms with Gasteiger partial charge in [0.2, 0.25) is 0 Å². The van der Waals surface area contributed by atoms with Gasteiger partial charge in [-0.1, -0.05) is 0 Å². The molecule has 3 rings (SSSR count). The zero-order valence-electron chi connectivity index (χ0n) is 10.6. The Labute approximate surface area is 123 Å². The first-order chi connectivity index (χ1) is 9.56. The largest absolute Gasteiger partial charge is 0.376 e. The maximum atomic E-state index is 13.4. The minimum absolute atomic E-state index is 0.0542. The van der Waals surface area contributed by atoms with Crippen molar-refractivity contribution in [2.24, 2.45) is 5.92 Å². The third kappa shape index (κ3) is 2.64. The molecule has 7 heteroatoms. The fraction of sp³-hybridized carbons (Fsp3) is 0.538. The number of ether oxygens (including phenoxy) is 1. The van der Waals surface area contributed by atoms with Crippen LogP contribution in [0.5, 0.6) is 0 Å². The number of nitro groups is 1. The second-order valence-corrected chi connectivity index (χ2v) is 6.11.